The van der Waals surface area contributed by atoms with Crippen LogP contribution in [0.25, 0.3) is 32.2 Å². The van der Waals surface area contributed by atoms with Crippen LogP contribution in [0.15, 0.2) is 18.2 Å². The van der Waals surface area contributed by atoms with Crippen LogP contribution in [0.5, 0.6) is 6.01 Å². The highest BCUT2D eigenvalue weighted by molar-refractivity contribution is 7.22. The number of halogens is 6. The first-order chi connectivity index (χ1) is 22.5. The Morgan fingerprint density at radius 2 is 1.87 bits per heavy atom. The molecule has 2 aromatic carbocycles. The second-order valence-corrected chi connectivity index (χ2v) is 12.2. The molecule has 9 nitrogen and oxygen atoms in total. The summed E-state index contributed by atoms with van der Waals surface area (Å²) in [7, 11) is 0. The van der Waals surface area contributed by atoms with Crippen LogP contribution in [0.2, 0.25) is 0 Å². The van der Waals surface area contributed by atoms with Crippen LogP contribution in [-0.4, -0.2) is 89.3 Å². The van der Waals surface area contributed by atoms with E-state index in [0.29, 0.717) is 6.54 Å². The quantitative estimate of drug-likeness (QED) is 0.209. The summed E-state index contributed by atoms with van der Waals surface area (Å²) < 4.78 is 94.4. The number of hydrogen-bond acceptors (Lipinski definition) is 9. The fourth-order valence-electron chi connectivity index (χ4n) is 6.14. The van der Waals surface area contributed by atoms with Gasteiger partial charge in [-0.15, -0.1) is 0 Å². The van der Waals surface area contributed by atoms with Gasteiger partial charge in [-0.3, -0.25) is 9.69 Å². The third-order valence-corrected chi connectivity index (χ3v) is 9.24. The Hall–Kier alpha value is -4.36. The highest BCUT2D eigenvalue weighted by Crippen LogP contribution is 2.46. The summed E-state index contributed by atoms with van der Waals surface area (Å²) in [5, 5.41) is -0.326. The maximum Gasteiger partial charge on any atom is 0.417 e. The lowest BCUT2D eigenvalue weighted by molar-refractivity contribution is -0.137. The van der Waals surface area contributed by atoms with Gasteiger partial charge in [-0.25, -0.2) is 18.2 Å². The van der Waals surface area contributed by atoms with Gasteiger partial charge in [0.2, 0.25) is 0 Å². The van der Waals surface area contributed by atoms with E-state index in [0.717, 1.165) is 42.4 Å². The lowest BCUT2D eigenvalue weighted by Crippen LogP contribution is -2.48. The van der Waals surface area contributed by atoms with Crippen LogP contribution < -0.4 is 15.4 Å². The topological polar surface area (TPSA) is 101 Å². The molecule has 2 aromatic heterocycles. The number of aromatic nitrogens is 3. The fourth-order valence-corrected chi connectivity index (χ4v) is 6.91. The van der Waals surface area contributed by atoms with Crippen molar-refractivity contribution < 1.29 is 35.9 Å². The molecule has 2 N–H and O–H groups in total. The van der Waals surface area contributed by atoms with Gasteiger partial charge in [-0.2, -0.15) is 23.1 Å². The molecule has 4 aromatic rings. The maximum atomic E-state index is 16.7. The number of amides is 1. The zero-order valence-corrected chi connectivity index (χ0v) is 26.0. The number of nitrogens with zero attached hydrogens (tertiary/aromatic N) is 6. The van der Waals surface area contributed by atoms with Crippen molar-refractivity contribution in [2.75, 3.05) is 63.2 Å². The molecule has 0 radical (unpaired) electrons. The van der Waals surface area contributed by atoms with Gasteiger partial charge < -0.3 is 20.3 Å². The molecule has 2 fully saturated rings. The van der Waals surface area contributed by atoms with E-state index in [1.807, 2.05) is 4.90 Å². The van der Waals surface area contributed by atoms with E-state index < -0.39 is 41.1 Å². The molecule has 16 heteroatoms. The molecular formula is C31H29F6N7O2S. The minimum atomic E-state index is -5.05. The van der Waals surface area contributed by atoms with Crippen molar-refractivity contribution in [2.45, 2.75) is 32.0 Å². The summed E-state index contributed by atoms with van der Waals surface area (Å²) in [6, 6.07) is 2.32. The van der Waals surface area contributed by atoms with Crippen molar-refractivity contribution in [1.29, 1.82) is 0 Å². The summed E-state index contributed by atoms with van der Waals surface area (Å²) >= 11 is 0.733. The van der Waals surface area contributed by atoms with Crippen molar-refractivity contribution in [1.82, 2.24) is 24.8 Å². The first-order valence-corrected chi connectivity index (χ1v) is 15.7. The van der Waals surface area contributed by atoms with Crippen LogP contribution in [0.1, 0.15) is 25.3 Å². The summed E-state index contributed by atoms with van der Waals surface area (Å²) in [6.45, 7) is 2.66. The smallest absolute Gasteiger partial charge is 0.417 e. The van der Waals surface area contributed by atoms with Crippen molar-refractivity contribution in [3.05, 3.63) is 35.4 Å². The SMILES string of the molecule is CC#CC(=O)N1CCN(c2nc(OCC3CCCN3CCF)nc3c(F)c(-c4ccc(F)c5sc(N)nc45)c(C(F)(F)F)cc23)CC1. The molecule has 0 aliphatic carbocycles. The number of fused-ring (bicyclic) bond motifs is 2. The predicted octanol–water partition coefficient (Wildman–Crippen LogP) is 5.27. The van der Waals surface area contributed by atoms with Crippen molar-refractivity contribution in [3.63, 3.8) is 0 Å². The molecule has 1 amide bonds. The number of piperazine rings is 1. The zero-order chi connectivity index (χ0) is 33.5. The van der Waals surface area contributed by atoms with Crippen molar-refractivity contribution >= 4 is 49.3 Å². The monoisotopic (exact) mass is 677 g/mol. The fraction of sp³-hybridized carbons (Fsp3) is 0.419. The number of thiazole rings is 1. The standard InChI is InChI=1S/C31H29F6N7O2S/c1-2-4-22(45)43-11-13-44(14-12-43)28-19-15-20(31(35,36)37)23(18-6-7-21(33)27-26(18)39-29(38)47-27)24(34)25(19)40-30(41-28)46-16-17-5-3-9-42(17)10-8-32/h6-7,15,17H,3,5,8-14,16H2,1H3,(H2,38,39). The van der Waals surface area contributed by atoms with Crippen LogP contribution in [0, 0.1) is 23.5 Å². The second kappa shape index (κ2) is 13.0. The molecule has 0 spiro atoms. The number of rotatable bonds is 7. The molecule has 1 unspecified atom stereocenters. The minimum Gasteiger partial charge on any atom is -0.462 e. The Bertz CT molecular complexity index is 1900. The van der Waals surface area contributed by atoms with Crippen molar-refractivity contribution in [2.24, 2.45) is 0 Å². The van der Waals surface area contributed by atoms with Gasteiger partial charge in [0.15, 0.2) is 10.9 Å². The first kappa shape index (κ1) is 32.6. The van der Waals surface area contributed by atoms with Gasteiger partial charge in [-0.1, -0.05) is 17.3 Å². The molecule has 6 rings (SSSR count). The Kier molecular flexibility index (Phi) is 9.03. The summed E-state index contributed by atoms with van der Waals surface area (Å²) in [5.41, 5.74) is 2.60. The average Bonchev–Trinajstić information content (AvgIpc) is 3.66. The number of ether oxygens (including phenoxy) is 1. The largest absolute Gasteiger partial charge is 0.462 e. The molecule has 0 bridgehead atoms. The number of nitrogens with two attached hydrogens (primary N) is 1. The van der Waals surface area contributed by atoms with Gasteiger partial charge >= 0.3 is 12.2 Å². The molecule has 2 aliphatic heterocycles. The van der Waals surface area contributed by atoms with E-state index in [9.17, 15) is 26.7 Å². The third kappa shape index (κ3) is 6.33. The normalized spacial score (nSPS) is 17.4. The second-order valence-electron chi connectivity index (χ2n) is 11.1. The molecular weight excluding hydrogens is 648 g/mol. The number of carbonyl (C=O) groups excluding carboxylic acids is 1. The highest BCUT2D eigenvalue weighted by Gasteiger charge is 2.39. The molecule has 1 atom stereocenters. The van der Waals surface area contributed by atoms with E-state index >= 15 is 4.39 Å². The minimum absolute atomic E-state index is 0.0104. The lowest BCUT2D eigenvalue weighted by Gasteiger charge is -2.35. The molecule has 2 aliphatic rings. The number of hydrogen-bond donors (Lipinski definition) is 1. The number of carbonyl (C=O) groups is 1. The maximum absolute atomic E-state index is 16.7. The van der Waals surface area contributed by atoms with E-state index in [2.05, 4.69) is 26.8 Å². The van der Waals surface area contributed by atoms with E-state index in [4.69, 9.17) is 10.5 Å². The molecule has 0 saturated carbocycles. The number of benzene rings is 2. The van der Waals surface area contributed by atoms with Crippen LogP contribution in [0.4, 0.5) is 37.3 Å². The van der Waals surface area contributed by atoms with Crippen LogP contribution in [-0.2, 0) is 11.0 Å². The Labute approximate surface area is 269 Å². The van der Waals surface area contributed by atoms with Crippen LogP contribution >= 0.6 is 11.3 Å². The van der Waals surface area contributed by atoms with Gasteiger partial charge in [0.1, 0.15) is 30.4 Å². The van der Waals surface area contributed by atoms with Gasteiger partial charge in [-0.05, 0) is 50.4 Å². The molecule has 248 valence electrons. The lowest BCUT2D eigenvalue weighted by atomic mass is 9.95. The Morgan fingerprint density at radius 3 is 2.57 bits per heavy atom. The summed E-state index contributed by atoms with van der Waals surface area (Å²) in [4.78, 5) is 30.1. The average molecular weight is 678 g/mol. The first-order valence-electron chi connectivity index (χ1n) is 14.9. The molecule has 2 saturated heterocycles. The number of likely N-dealkylation sites (tertiary alicyclic amines) is 1. The summed E-state index contributed by atoms with van der Waals surface area (Å²) in [5.74, 6) is 2.54. The predicted molar refractivity (Wildman–Crippen MR) is 166 cm³/mol. The summed E-state index contributed by atoms with van der Waals surface area (Å²) in [6.07, 6.45) is -3.50. The van der Waals surface area contributed by atoms with E-state index in [-0.39, 0.29) is 89.4 Å². The van der Waals surface area contributed by atoms with Gasteiger partial charge in [0.25, 0.3) is 5.91 Å². The van der Waals surface area contributed by atoms with Crippen LogP contribution in [0.3, 0.4) is 0 Å². The van der Waals surface area contributed by atoms with Gasteiger partial charge in [0, 0.05) is 55.3 Å². The number of nitrogen functional groups attached to an aromatic ring is 1. The van der Waals surface area contributed by atoms with E-state index in [1.165, 1.54) is 11.8 Å². The Morgan fingerprint density at radius 1 is 1.11 bits per heavy atom. The number of anilines is 2. The zero-order valence-electron chi connectivity index (χ0n) is 25.1. The van der Waals surface area contributed by atoms with Crippen molar-refractivity contribution in [3.8, 4) is 29.0 Å². The van der Waals surface area contributed by atoms with Gasteiger partial charge in [0.05, 0.1) is 15.8 Å². The molecule has 47 heavy (non-hydrogen) atoms. The third-order valence-electron chi connectivity index (χ3n) is 8.35. The highest BCUT2D eigenvalue weighted by atomic mass is 32.1. The number of alkyl halides is 4. The molecule has 4 heterocycles. The van der Waals surface area contributed by atoms with E-state index in [1.54, 1.807) is 4.90 Å². The Balaban J connectivity index is 1.50.